The first kappa shape index (κ1) is 8.52. The molecular formula is C10H20N2. The topological polar surface area (TPSA) is 29.3 Å². The Morgan fingerprint density at radius 2 is 2.00 bits per heavy atom. The second kappa shape index (κ2) is 2.71. The van der Waals surface area contributed by atoms with Gasteiger partial charge in [-0.25, -0.2) is 0 Å². The van der Waals surface area contributed by atoms with Crippen LogP contribution in [0.25, 0.3) is 0 Å². The Hall–Kier alpha value is -0.0800. The van der Waals surface area contributed by atoms with Gasteiger partial charge in [-0.1, -0.05) is 6.92 Å². The number of hydrogen-bond acceptors (Lipinski definition) is 2. The average Bonchev–Trinajstić information content (AvgIpc) is 2.79. The third kappa shape index (κ3) is 1.17. The fourth-order valence-electron chi connectivity index (χ4n) is 2.38. The molecule has 0 aromatic rings. The average molecular weight is 168 g/mol. The highest BCUT2D eigenvalue weighted by molar-refractivity contribution is 5.03. The van der Waals surface area contributed by atoms with Crippen molar-refractivity contribution in [1.29, 1.82) is 0 Å². The molecule has 1 unspecified atom stereocenters. The Kier molecular flexibility index (Phi) is 1.92. The molecule has 2 fully saturated rings. The van der Waals surface area contributed by atoms with Gasteiger partial charge >= 0.3 is 0 Å². The van der Waals surface area contributed by atoms with Gasteiger partial charge < -0.3 is 5.73 Å². The summed E-state index contributed by atoms with van der Waals surface area (Å²) in [5, 5.41) is 0. The lowest BCUT2D eigenvalue weighted by Gasteiger charge is -2.50. The van der Waals surface area contributed by atoms with Crippen LogP contribution >= 0.6 is 0 Å². The predicted molar refractivity (Wildman–Crippen MR) is 50.9 cm³/mol. The molecule has 1 saturated heterocycles. The molecule has 0 bridgehead atoms. The molecular weight excluding hydrogens is 148 g/mol. The van der Waals surface area contributed by atoms with E-state index in [0.29, 0.717) is 5.54 Å². The van der Waals surface area contributed by atoms with Crippen LogP contribution < -0.4 is 5.73 Å². The number of nitrogens with two attached hydrogens (primary N) is 1. The van der Waals surface area contributed by atoms with Gasteiger partial charge in [0, 0.05) is 25.2 Å². The van der Waals surface area contributed by atoms with E-state index in [4.69, 9.17) is 5.73 Å². The minimum Gasteiger partial charge on any atom is -0.329 e. The third-order valence-electron chi connectivity index (χ3n) is 3.66. The predicted octanol–water partition coefficient (Wildman–Crippen LogP) is 1.07. The van der Waals surface area contributed by atoms with Gasteiger partial charge in [0.15, 0.2) is 0 Å². The largest absolute Gasteiger partial charge is 0.329 e. The van der Waals surface area contributed by atoms with Crippen molar-refractivity contribution in [2.75, 3.05) is 19.6 Å². The highest BCUT2D eigenvalue weighted by atomic mass is 15.3. The van der Waals surface area contributed by atoms with Crippen molar-refractivity contribution in [1.82, 2.24) is 4.90 Å². The summed E-state index contributed by atoms with van der Waals surface area (Å²) in [5.41, 5.74) is 6.20. The zero-order valence-electron chi connectivity index (χ0n) is 8.21. The number of likely N-dealkylation sites (tertiary alicyclic amines) is 1. The fourth-order valence-corrected chi connectivity index (χ4v) is 2.38. The Balaban J connectivity index is 1.97. The molecule has 2 rings (SSSR count). The SMILES string of the molecule is CC1CN(C(C)(CN)C2CC2)C1. The molecule has 0 aromatic carbocycles. The van der Waals surface area contributed by atoms with E-state index < -0.39 is 0 Å². The standard InChI is InChI=1S/C10H20N2/c1-8-5-12(6-8)10(2,7-11)9-3-4-9/h8-9H,3-7,11H2,1-2H3. The Morgan fingerprint density at radius 3 is 2.33 bits per heavy atom. The fraction of sp³-hybridized carbons (Fsp3) is 1.00. The molecule has 1 aliphatic heterocycles. The molecule has 2 N–H and O–H groups in total. The van der Waals surface area contributed by atoms with Gasteiger partial charge in [-0.05, 0) is 31.6 Å². The first-order valence-corrected chi connectivity index (χ1v) is 5.12. The van der Waals surface area contributed by atoms with Crippen molar-refractivity contribution >= 4 is 0 Å². The van der Waals surface area contributed by atoms with Crippen LogP contribution in [0.1, 0.15) is 26.7 Å². The lowest BCUT2D eigenvalue weighted by molar-refractivity contribution is -0.00746. The zero-order chi connectivity index (χ0) is 8.77. The van der Waals surface area contributed by atoms with E-state index in [1.165, 1.54) is 25.9 Å². The van der Waals surface area contributed by atoms with Crippen molar-refractivity contribution < 1.29 is 0 Å². The maximum absolute atomic E-state index is 5.86. The molecule has 70 valence electrons. The molecule has 1 saturated carbocycles. The maximum Gasteiger partial charge on any atom is 0.0331 e. The molecule has 1 aliphatic carbocycles. The van der Waals surface area contributed by atoms with Crippen molar-refractivity contribution in [3.05, 3.63) is 0 Å². The molecule has 2 aliphatic rings. The number of rotatable bonds is 3. The first-order chi connectivity index (χ1) is 5.66. The van der Waals surface area contributed by atoms with Gasteiger partial charge in [0.1, 0.15) is 0 Å². The smallest absolute Gasteiger partial charge is 0.0331 e. The molecule has 0 aromatic heterocycles. The quantitative estimate of drug-likeness (QED) is 0.683. The number of hydrogen-bond donors (Lipinski definition) is 1. The van der Waals surface area contributed by atoms with E-state index in [1.54, 1.807) is 0 Å². The van der Waals surface area contributed by atoms with E-state index >= 15 is 0 Å². The summed E-state index contributed by atoms with van der Waals surface area (Å²) in [4.78, 5) is 2.58. The minimum absolute atomic E-state index is 0.340. The molecule has 1 atom stereocenters. The second-order valence-corrected chi connectivity index (χ2v) is 4.85. The zero-order valence-corrected chi connectivity index (χ0v) is 8.21. The van der Waals surface area contributed by atoms with Crippen LogP contribution in [0.3, 0.4) is 0 Å². The van der Waals surface area contributed by atoms with Crippen LogP contribution in [-0.4, -0.2) is 30.1 Å². The number of nitrogens with zero attached hydrogens (tertiary/aromatic N) is 1. The van der Waals surface area contributed by atoms with Gasteiger partial charge in [-0.15, -0.1) is 0 Å². The highest BCUT2D eigenvalue weighted by Crippen LogP contribution is 2.44. The molecule has 2 heteroatoms. The van der Waals surface area contributed by atoms with Gasteiger partial charge in [-0.2, -0.15) is 0 Å². The van der Waals surface area contributed by atoms with E-state index in [1.807, 2.05) is 0 Å². The summed E-state index contributed by atoms with van der Waals surface area (Å²) < 4.78 is 0. The van der Waals surface area contributed by atoms with Gasteiger partial charge in [0.05, 0.1) is 0 Å². The van der Waals surface area contributed by atoms with E-state index in [-0.39, 0.29) is 0 Å². The molecule has 1 heterocycles. The van der Waals surface area contributed by atoms with E-state index in [0.717, 1.165) is 18.4 Å². The van der Waals surface area contributed by atoms with Crippen LogP contribution in [0, 0.1) is 11.8 Å². The van der Waals surface area contributed by atoms with Gasteiger partial charge in [0.2, 0.25) is 0 Å². The summed E-state index contributed by atoms with van der Waals surface area (Å²) in [6.07, 6.45) is 2.80. The van der Waals surface area contributed by atoms with Crippen LogP contribution in [0.2, 0.25) is 0 Å². The summed E-state index contributed by atoms with van der Waals surface area (Å²) in [6, 6.07) is 0. The lowest BCUT2D eigenvalue weighted by atomic mass is 9.87. The molecule has 0 spiro atoms. The minimum atomic E-state index is 0.340. The van der Waals surface area contributed by atoms with Crippen LogP contribution in [0.4, 0.5) is 0 Å². The van der Waals surface area contributed by atoms with Crippen LogP contribution in [0.15, 0.2) is 0 Å². The second-order valence-electron chi connectivity index (χ2n) is 4.85. The lowest BCUT2D eigenvalue weighted by Crippen LogP contribution is -2.62. The highest BCUT2D eigenvalue weighted by Gasteiger charge is 2.47. The van der Waals surface area contributed by atoms with E-state index in [9.17, 15) is 0 Å². The monoisotopic (exact) mass is 168 g/mol. The first-order valence-electron chi connectivity index (χ1n) is 5.12. The van der Waals surface area contributed by atoms with Gasteiger partial charge in [-0.3, -0.25) is 4.90 Å². The Labute approximate surface area is 75.1 Å². The molecule has 2 nitrogen and oxygen atoms in total. The summed E-state index contributed by atoms with van der Waals surface area (Å²) in [6.45, 7) is 8.04. The molecule has 12 heavy (non-hydrogen) atoms. The molecule has 0 amide bonds. The van der Waals surface area contributed by atoms with Crippen molar-refractivity contribution in [2.45, 2.75) is 32.2 Å². The van der Waals surface area contributed by atoms with E-state index in [2.05, 4.69) is 18.7 Å². The Bertz CT molecular complexity index is 171. The summed E-state index contributed by atoms with van der Waals surface area (Å²) in [5.74, 6) is 1.80. The normalized spacial score (nSPS) is 31.2. The van der Waals surface area contributed by atoms with Crippen LogP contribution in [-0.2, 0) is 0 Å². The summed E-state index contributed by atoms with van der Waals surface area (Å²) in [7, 11) is 0. The van der Waals surface area contributed by atoms with Crippen molar-refractivity contribution in [3.8, 4) is 0 Å². The third-order valence-corrected chi connectivity index (χ3v) is 3.66. The van der Waals surface area contributed by atoms with Crippen LogP contribution in [0.5, 0.6) is 0 Å². The van der Waals surface area contributed by atoms with Crippen molar-refractivity contribution in [3.63, 3.8) is 0 Å². The maximum atomic E-state index is 5.86. The van der Waals surface area contributed by atoms with Crippen molar-refractivity contribution in [2.24, 2.45) is 17.6 Å². The summed E-state index contributed by atoms with van der Waals surface area (Å²) >= 11 is 0. The Morgan fingerprint density at radius 1 is 1.42 bits per heavy atom. The molecule has 0 radical (unpaired) electrons. The van der Waals surface area contributed by atoms with Gasteiger partial charge in [0.25, 0.3) is 0 Å².